The number of imide groups is 1. The maximum absolute atomic E-state index is 12.8. The highest BCUT2D eigenvalue weighted by molar-refractivity contribution is 7.89. The molecule has 1 aliphatic rings. The molecular formula is C22H25N3O5S. The van der Waals surface area contributed by atoms with Gasteiger partial charge in [-0.05, 0) is 36.6 Å². The second kappa shape index (κ2) is 9.84. The normalized spacial score (nSPS) is 14.2. The molecule has 1 saturated heterocycles. The zero-order chi connectivity index (χ0) is 22.4. The van der Waals surface area contributed by atoms with E-state index in [1.807, 2.05) is 30.3 Å². The topological polar surface area (TPSA) is 113 Å². The highest BCUT2D eigenvalue weighted by Crippen LogP contribution is 2.18. The number of hydrogen-bond acceptors (Lipinski definition) is 5. The lowest BCUT2D eigenvalue weighted by molar-refractivity contribution is -0.138. The molecule has 0 aliphatic carbocycles. The summed E-state index contributed by atoms with van der Waals surface area (Å²) in [5.74, 6) is -0.793. The molecule has 0 spiro atoms. The fourth-order valence-corrected chi connectivity index (χ4v) is 4.58. The zero-order valence-electron chi connectivity index (χ0n) is 17.3. The number of sulfonamides is 1. The molecule has 0 saturated carbocycles. The number of rotatable bonds is 9. The summed E-state index contributed by atoms with van der Waals surface area (Å²) in [5, 5.41) is 2.71. The van der Waals surface area contributed by atoms with Crippen molar-refractivity contribution in [2.24, 2.45) is 0 Å². The van der Waals surface area contributed by atoms with Crippen molar-refractivity contribution in [2.45, 2.75) is 37.6 Å². The standard InChI is InChI=1S/C22H25N3O5S/c1-16-8-9-18(22(28)23-12-5-13-25-20(26)10-11-21(25)27)14-19(16)31(29,30)24-15-17-6-3-2-4-7-17/h2-4,6-9,14,24H,5,10-13,15H2,1H3,(H,23,28). The van der Waals surface area contributed by atoms with E-state index in [0.717, 1.165) is 5.56 Å². The van der Waals surface area contributed by atoms with E-state index >= 15 is 0 Å². The van der Waals surface area contributed by atoms with Crippen molar-refractivity contribution in [3.63, 3.8) is 0 Å². The van der Waals surface area contributed by atoms with Crippen molar-refractivity contribution in [2.75, 3.05) is 13.1 Å². The van der Waals surface area contributed by atoms with Gasteiger partial charge in [0.15, 0.2) is 0 Å². The molecule has 2 N–H and O–H groups in total. The minimum absolute atomic E-state index is 0.0457. The van der Waals surface area contributed by atoms with Gasteiger partial charge in [-0.25, -0.2) is 13.1 Å². The molecule has 0 aromatic heterocycles. The van der Waals surface area contributed by atoms with Gasteiger partial charge in [0.25, 0.3) is 5.91 Å². The lowest BCUT2D eigenvalue weighted by Crippen LogP contribution is -2.33. The Morgan fingerprint density at radius 3 is 2.39 bits per heavy atom. The molecule has 0 atom stereocenters. The van der Waals surface area contributed by atoms with Gasteiger partial charge in [0, 0.05) is 38.0 Å². The van der Waals surface area contributed by atoms with Gasteiger partial charge < -0.3 is 5.32 Å². The predicted octanol–water partition coefficient (Wildman–Crippen LogP) is 1.74. The number of amides is 3. The number of aryl methyl sites for hydroxylation is 1. The summed E-state index contributed by atoms with van der Waals surface area (Å²) < 4.78 is 28.1. The van der Waals surface area contributed by atoms with Crippen molar-refractivity contribution >= 4 is 27.7 Å². The van der Waals surface area contributed by atoms with E-state index in [0.29, 0.717) is 12.0 Å². The van der Waals surface area contributed by atoms with Crippen LogP contribution in [0.25, 0.3) is 0 Å². The van der Waals surface area contributed by atoms with Gasteiger partial charge in [-0.3, -0.25) is 19.3 Å². The molecule has 2 aromatic carbocycles. The van der Waals surface area contributed by atoms with Crippen molar-refractivity contribution < 1.29 is 22.8 Å². The number of hydrogen-bond donors (Lipinski definition) is 2. The minimum atomic E-state index is -3.81. The summed E-state index contributed by atoms with van der Waals surface area (Å²) in [6, 6.07) is 13.7. The van der Waals surface area contributed by atoms with Crippen molar-refractivity contribution in [1.29, 1.82) is 0 Å². The minimum Gasteiger partial charge on any atom is -0.352 e. The van der Waals surface area contributed by atoms with Gasteiger partial charge in [0.1, 0.15) is 0 Å². The van der Waals surface area contributed by atoms with E-state index in [-0.39, 0.29) is 54.7 Å². The maximum Gasteiger partial charge on any atom is 0.251 e. The summed E-state index contributed by atoms with van der Waals surface area (Å²) in [7, 11) is -3.81. The number of likely N-dealkylation sites (tertiary alicyclic amines) is 1. The average molecular weight is 444 g/mol. The van der Waals surface area contributed by atoms with E-state index in [1.165, 1.54) is 11.0 Å². The Morgan fingerprint density at radius 2 is 1.71 bits per heavy atom. The number of carbonyl (C=O) groups is 3. The summed E-state index contributed by atoms with van der Waals surface area (Å²) in [4.78, 5) is 36.9. The van der Waals surface area contributed by atoms with Crippen molar-refractivity contribution in [3.8, 4) is 0 Å². The van der Waals surface area contributed by atoms with Crippen LogP contribution >= 0.6 is 0 Å². The largest absolute Gasteiger partial charge is 0.352 e. The third-order valence-corrected chi connectivity index (χ3v) is 6.59. The first-order valence-corrected chi connectivity index (χ1v) is 11.5. The third kappa shape index (κ3) is 5.77. The molecule has 3 rings (SSSR count). The van der Waals surface area contributed by atoms with E-state index in [2.05, 4.69) is 10.0 Å². The fourth-order valence-electron chi connectivity index (χ4n) is 3.30. The van der Waals surface area contributed by atoms with E-state index in [1.54, 1.807) is 19.1 Å². The number of benzene rings is 2. The van der Waals surface area contributed by atoms with Crippen LogP contribution in [0.15, 0.2) is 53.4 Å². The molecule has 2 aromatic rings. The first-order valence-electron chi connectivity index (χ1n) is 10.0. The molecule has 3 amide bonds. The quantitative estimate of drug-likeness (QED) is 0.453. The number of nitrogens with zero attached hydrogens (tertiary/aromatic N) is 1. The first kappa shape index (κ1) is 22.6. The molecular weight excluding hydrogens is 418 g/mol. The molecule has 0 unspecified atom stereocenters. The van der Waals surface area contributed by atoms with Gasteiger partial charge in [-0.2, -0.15) is 0 Å². The van der Waals surface area contributed by atoms with Gasteiger partial charge in [0.2, 0.25) is 21.8 Å². The van der Waals surface area contributed by atoms with Gasteiger partial charge >= 0.3 is 0 Å². The highest BCUT2D eigenvalue weighted by Gasteiger charge is 2.28. The Bertz CT molecular complexity index is 1070. The number of carbonyl (C=O) groups excluding carboxylic acids is 3. The van der Waals surface area contributed by atoms with Crippen LogP contribution in [0.4, 0.5) is 0 Å². The van der Waals surface area contributed by atoms with Crippen LogP contribution in [-0.4, -0.2) is 44.1 Å². The lowest BCUT2D eigenvalue weighted by Gasteiger charge is -2.14. The van der Waals surface area contributed by atoms with Crippen LogP contribution < -0.4 is 10.0 Å². The Balaban J connectivity index is 1.59. The molecule has 1 heterocycles. The molecule has 1 aliphatic heterocycles. The molecule has 9 heteroatoms. The van der Waals surface area contributed by atoms with E-state index in [9.17, 15) is 22.8 Å². The monoisotopic (exact) mass is 443 g/mol. The highest BCUT2D eigenvalue weighted by atomic mass is 32.2. The van der Waals surface area contributed by atoms with Gasteiger partial charge in [-0.15, -0.1) is 0 Å². The summed E-state index contributed by atoms with van der Waals surface area (Å²) in [6.45, 7) is 2.34. The van der Waals surface area contributed by atoms with Gasteiger partial charge in [-0.1, -0.05) is 36.4 Å². The lowest BCUT2D eigenvalue weighted by atomic mass is 10.1. The van der Waals surface area contributed by atoms with Crippen LogP contribution in [0, 0.1) is 6.92 Å². The fraction of sp³-hybridized carbons (Fsp3) is 0.318. The van der Waals surface area contributed by atoms with E-state index < -0.39 is 15.9 Å². The molecule has 0 radical (unpaired) electrons. The Labute approximate surface area is 181 Å². The van der Waals surface area contributed by atoms with Crippen molar-refractivity contribution in [1.82, 2.24) is 14.9 Å². The first-order chi connectivity index (χ1) is 14.8. The second-order valence-corrected chi connectivity index (χ2v) is 9.07. The SMILES string of the molecule is Cc1ccc(C(=O)NCCCN2C(=O)CCC2=O)cc1S(=O)(=O)NCc1ccccc1. The second-order valence-electron chi connectivity index (χ2n) is 7.34. The van der Waals surface area contributed by atoms with Crippen LogP contribution in [0.1, 0.15) is 40.7 Å². The van der Waals surface area contributed by atoms with Crippen LogP contribution in [-0.2, 0) is 26.2 Å². The molecule has 1 fully saturated rings. The molecule has 164 valence electrons. The predicted molar refractivity (Wildman–Crippen MR) is 115 cm³/mol. The summed E-state index contributed by atoms with van der Waals surface area (Å²) in [6.07, 6.45) is 0.910. The van der Waals surface area contributed by atoms with Gasteiger partial charge in [0.05, 0.1) is 4.90 Å². The zero-order valence-corrected chi connectivity index (χ0v) is 18.1. The maximum atomic E-state index is 12.8. The average Bonchev–Trinajstić information content (AvgIpc) is 3.08. The Morgan fingerprint density at radius 1 is 1.03 bits per heavy atom. The summed E-state index contributed by atoms with van der Waals surface area (Å²) in [5.41, 5.74) is 1.58. The summed E-state index contributed by atoms with van der Waals surface area (Å²) >= 11 is 0. The Hall–Kier alpha value is -3.04. The van der Waals surface area contributed by atoms with Crippen LogP contribution in [0.5, 0.6) is 0 Å². The smallest absolute Gasteiger partial charge is 0.251 e. The Kier molecular flexibility index (Phi) is 7.19. The molecule has 31 heavy (non-hydrogen) atoms. The molecule has 8 nitrogen and oxygen atoms in total. The third-order valence-electron chi connectivity index (χ3n) is 5.05. The molecule has 0 bridgehead atoms. The van der Waals surface area contributed by atoms with Crippen LogP contribution in [0.3, 0.4) is 0 Å². The van der Waals surface area contributed by atoms with Crippen molar-refractivity contribution in [3.05, 3.63) is 65.2 Å². The number of nitrogens with one attached hydrogen (secondary N) is 2. The van der Waals surface area contributed by atoms with Crippen LogP contribution in [0.2, 0.25) is 0 Å². The van der Waals surface area contributed by atoms with E-state index in [4.69, 9.17) is 0 Å².